The number of hydrogen-bond acceptors (Lipinski definition) is 5. The Hall–Kier alpha value is -1.55. The molecule has 2 aliphatic heterocycles. The monoisotopic (exact) mass is 393 g/mol. The van der Waals surface area contributed by atoms with Crippen LogP contribution in [0.15, 0.2) is 11.3 Å². The molecule has 0 saturated carbocycles. The molecule has 10 heteroatoms. The first-order chi connectivity index (χ1) is 10.3. The van der Waals surface area contributed by atoms with Crippen LogP contribution in [-0.2, 0) is 35.0 Å². The van der Waals surface area contributed by atoms with Crippen molar-refractivity contribution in [1.29, 1.82) is 0 Å². The highest BCUT2D eigenvalue weighted by molar-refractivity contribution is 9.09. The zero-order chi connectivity index (χ0) is 16.4. The van der Waals surface area contributed by atoms with Crippen LogP contribution in [0.4, 0.5) is 0 Å². The lowest BCUT2D eigenvalue weighted by Crippen LogP contribution is -2.64. The molecule has 1 fully saturated rings. The van der Waals surface area contributed by atoms with Gasteiger partial charge in [-0.15, -0.1) is 0 Å². The van der Waals surface area contributed by atoms with E-state index >= 15 is 0 Å². The Morgan fingerprint density at radius 1 is 1.50 bits per heavy atom. The van der Waals surface area contributed by atoms with E-state index in [4.69, 9.17) is 4.74 Å². The minimum Gasteiger partial charge on any atom is -0.477 e. The van der Waals surface area contributed by atoms with Crippen molar-refractivity contribution in [3.8, 4) is 0 Å². The molecule has 2 rings (SSSR count). The van der Waals surface area contributed by atoms with Crippen molar-refractivity contribution >= 4 is 50.8 Å². The molecule has 22 heavy (non-hydrogen) atoms. The fourth-order valence-electron chi connectivity index (χ4n) is 2.24. The van der Waals surface area contributed by atoms with Gasteiger partial charge in [0.05, 0.1) is 11.8 Å². The second-order valence-corrected chi connectivity index (χ2v) is 7.15. The van der Waals surface area contributed by atoms with E-state index in [0.29, 0.717) is 5.57 Å². The smallest absolute Gasteiger partial charge is 0.353 e. The number of alkyl halides is 1. The van der Waals surface area contributed by atoms with E-state index in [1.54, 1.807) is 0 Å². The topological polar surface area (TPSA) is 113 Å². The molecule has 0 spiro atoms. The Kier molecular flexibility index (Phi) is 5.12. The highest BCUT2D eigenvalue weighted by Gasteiger charge is 2.57. The molecule has 120 valence electrons. The third kappa shape index (κ3) is 3.27. The Balaban J connectivity index is 2.29. The summed E-state index contributed by atoms with van der Waals surface area (Å²) in [6, 6.07) is 0. The fraction of sp³-hybridized carbons (Fsp3) is 0.500. The number of halogens is 1. The summed E-state index contributed by atoms with van der Waals surface area (Å²) >= 11 is 2.34. The van der Waals surface area contributed by atoms with Crippen LogP contribution in [0.1, 0.15) is 13.3 Å². The van der Waals surface area contributed by atoms with Crippen LogP contribution < -0.4 is 4.72 Å². The molecule has 2 atom stereocenters. The first-order valence-electron chi connectivity index (χ1n) is 6.31. The van der Waals surface area contributed by atoms with Gasteiger partial charge in [0.1, 0.15) is 23.4 Å². The van der Waals surface area contributed by atoms with E-state index in [2.05, 4.69) is 20.7 Å². The number of carbonyl (C=O) groups excluding carboxylic acids is 3. The van der Waals surface area contributed by atoms with E-state index in [9.17, 15) is 24.3 Å². The third-order valence-corrected chi connectivity index (χ3v) is 5.85. The molecular formula is C12H14BrN2O6S+. The molecule has 0 radical (unpaired) electrons. The Morgan fingerprint density at radius 2 is 2.18 bits per heavy atom. The third-order valence-electron chi connectivity index (χ3n) is 3.16. The van der Waals surface area contributed by atoms with Crippen molar-refractivity contribution in [3.05, 3.63) is 11.3 Å². The predicted octanol–water partition coefficient (Wildman–Crippen LogP) is -0.495. The molecular weight excluding hydrogens is 380 g/mol. The summed E-state index contributed by atoms with van der Waals surface area (Å²) in [7, 11) is 0. The van der Waals surface area contributed by atoms with Crippen LogP contribution in [0.25, 0.3) is 0 Å². The van der Waals surface area contributed by atoms with Gasteiger partial charge in [0.25, 0.3) is 5.91 Å². The number of amides is 2. The Morgan fingerprint density at radius 3 is 2.68 bits per heavy atom. The van der Waals surface area contributed by atoms with E-state index in [0.717, 1.165) is 0 Å². The van der Waals surface area contributed by atoms with Gasteiger partial charge in [0, 0.05) is 12.5 Å². The summed E-state index contributed by atoms with van der Waals surface area (Å²) in [5.41, 5.74) is 0.185. The van der Waals surface area contributed by atoms with E-state index in [-0.39, 0.29) is 47.0 Å². The second kappa shape index (κ2) is 6.69. The Bertz CT molecular complexity index is 578. The highest BCUT2D eigenvalue weighted by atomic mass is 79.9. The number of esters is 1. The molecule has 0 aliphatic carbocycles. The lowest BCUT2D eigenvalue weighted by Gasteiger charge is -2.41. The summed E-state index contributed by atoms with van der Waals surface area (Å²) in [5.74, 6) is -2.09. The maximum absolute atomic E-state index is 11.8. The maximum Gasteiger partial charge on any atom is 0.353 e. The predicted molar refractivity (Wildman–Crippen MR) is 80.7 cm³/mol. The van der Waals surface area contributed by atoms with Crippen molar-refractivity contribution in [2.45, 2.75) is 18.7 Å². The van der Waals surface area contributed by atoms with Gasteiger partial charge in [-0.05, 0) is 0 Å². The lowest BCUT2D eigenvalue weighted by atomic mass is 10.1. The van der Waals surface area contributed by atoms with Crippen LogP contribution in [0.3, 0.4) is 0 Å². The number of hydrogen-bond donors (Lipinski definition) is 2. The van der Waals surface area contributed by atoms with E-state index < -0.39 is 23.0 Å². The number of nitrogens with one attached hydrogen (secondary N) is 1. The normalized spacial score (nSPS) is 23.5. The summed E-state index contributed by atoms with van der Waals surface area (Å²) in [5, 5.41) is 9.12. The Labute approximate surface area is 137 Å². The molecule has 0 bridgehead atoms. The SMILES string of the molecule is CC(=O)OCC1=C(C(=O)O)N2C(=O)C[C@H]2[S+](NC(=O)CBr)C1. The van der Waals surface area contributed by atoms with Gasteiger partial charge in [0.15, 0.2) is 5.75 Å². The van der Waals surface area contributed by atoms with Gasteiger partial charge in [-0.25, -0.2) is 4.79 Å². The second-order valence-electron chi connectivity index (χ2n) is 4.69. The van der Waals surface area contributed by atoms with Crippen molar-refractivity contribution in [2.75, 3.05) is 17.7 Å². The number of aliphatic carboxylic acids is 1. The molecule has 0 aromatic rings. The van der Waals surface area contributed by atoms with Gasteiger partial charge in [0.2, 0.25) is 11.3 Å². The molecule has 0 aromatic carbocycles. The number of rotatable bonds is 5. The quantitative estimate of drug-likeness (QED) is 0.282. The highest BCUT2D eigenvalue weighted by Crippen LogP contribution is 2.36. The molecule has 1 unspecified atom stereocenters. The number of carbonyl (C=O) groups is 4. The standard InChI is InChI=1S/C12H13BrN2O6S/c1-6(16)21-4-7-5-22(14-8(17)3-13)10-2-9(18)15(10)11(7)12(19)20/h10H,2-5H2,1H3,(H-,14,17,19,20)/p+1/t10-,22?/m1/s1. The van der Waals surface area contributed by atoms with Crippen molar-refractivity contribution in [2.24, 2.45) is 0 Å². The maximum atomic E-state index is 11.8. The van der Waals surface area contributed by atoms with Gasteiger partial charge in [-0.2, -0.15) is 4.72 Å². The largest absolute Gasteiger partial charge is 0.477 e. The summed E-state index contributed by atoms with van der Waals surface area (Å²) < 4.78 is 7.65. The van der Waals surface area contributed by atoms with Crippen LogP contribution in [-0.4, -0.2) is 56.8 Å². The van der Waals surface area contributed by atoms with Crippen LogP contribution >= 0.6 is 15.9 Å². The number of carboxylic acid groups (broad SMARTS) is 1. The number of fused-ring (bicyclic) bond motifs is 1. The van der Waals surface area contributed by atoms with Gasteiger partial charge in [-0.1, -0.05) is 15.9 Å². The first-order valence-corrected chi connectivity index (χ1v) is 8.89. The van der Waals surface area contributed by atoms with Crippen molar-refractivity contribution in [3.63, 3.8) is 0 Å². The molecule has 8 nitrogen and oxygen atoms in total. The van der Waals surface area contributed by atoms with E-state index in [1.165, 1.54) is 11.8 Å². The molecule has 2 N–H and O–H groups in total. The molecule has 0 aromatic heterocycles. The zero-order valence-corrected chi connectivity index (χ0v) is 14.0. The molecule has 1 saturated heterocycles. The van der Waals surface area contributed by atoms with Gasteiger partial charge >= 0.3 is 11.9 Å². The van der Waals surface area contributed by atoms with Crippen molar-refractivity contribution < 1.29 is 29.0 Å². The summed E-state index contributed by atoms with van der Waals surface area (Å²) in [6.07, 6.45) is 0.198. The van der Waals surface area contributed by atoms with Gasteiger partial charge < -0.3 is 9.84 Å². The number of β-lactam (4-membered cyclic amide) rings is 1. The fourth-order valence-corrected chi connectivity index (χ4v) is 4.74. The molecule has 2 heterocycles. The minimum atomic E-state index is -1.24. The van der Waals surface area contributed by atoms with Crippen LogP contribution in [0, 0.1) is 0 Å². The zero-order valence-electron chi connectivity index (χ0n) is 11.6. The average Bonchev–Trinajstić information content (AvgIpc) is 2.44. The van der Waals surface area contributed by atoms with Crippen LogP contribution in [0.2, 0.25) is 0 Å². The number of carboxylic acids is 1. The lowest BCUT2D eigenvalue weighted by molar-refractivity contribution is -0.146. The average molecular weight is 394 g/mol. The number of nitrogens with zero attached hydrogens (tertiary/aromatic N) is 1. The minimum absolute atomic E-state index is 0.117. The van der Waals surface area contributed by atoms with Gasteiger partial charge in [-0.3, -0.25) is 19.3 Å². The van der Waals surface area contributed by atoms with Crippen LogP contribution in [0.5, 0.6) is 0 Å². The number of ether oxygens (including phenoxy) is 1. The van der Waals surface area contributed by atoms with Crippen molar-refractivity contribution in [1.82, 2.24) is 9.62 Å². The molecule has 2 aliphatic rings. The summed E-state index contributed by atoms with van der Waals surface area (Å²) in [4.78, 5) is 46.9. The summed E-state index contributed by atoms with van der Waals surface area (Å²) in [6.45, 7) is 1.01. The van der Waals surface area contributed by atoms with E-state index in [1.807, 2.05) is 0 Å². The first kappa shape index (κ1) is 16.8. The molecule has 2 amide bonds.